The zero-order valence-corrected chi connectivity index (χ0v) is 18.1. The molecule has 160 valence electrons. The summed E-state index contributed by atoms with van der Waals surface area (Å²) in [5.74, 6) is 0.501. The van der Waals surface area contributed by atoms with E-state index in [1.165, 1.54) is 0 Å². The molecule has 0 bridgehead atoms. The van der Waals surface area contributed by atoms with Crippen molar-refractivity contribution in [2.45, 2.75) is 26.8 Å². The molecule has 0 aliphatic carbocycles. The molecule has 0 unspecified atom stereocenters. The van der Waals surface area contributed by atoms with Crippen LogP contribution >= 0.6 is 0 Å². The summed E-state index contributed by atoms with van der Waals surface area (Å²) >= 11 is 0. The lowest BCUT2D eigenvalue weighted by Gasteiger charge is -2.19. The van der Waals surface area contributed by atoms with Crippen LogP contribution in [-0.2, 0) is 17.7 Å². The third-order valence-corrected chi connectivity index (χ3v) is 5.06. The van der Waals surface area contributed by atoms with E-state index in [1.807, 2.05) is 51.4 Å². The van der Waals surface area contributed by atoms with E-state index in [2.05, 4.69) is 27.3 Å². The van der Waals surface area contributed by atoms with Crippen molar-refractivity contribution in [3.63, 3.8) is 0 Å². The predicted octanol–water partition coefficient (Wildman–Crippen LogP) is 3.31. The van der Waals surface area contributed by atoms with Gasteiger partial charge in [-0.1, -0.05) is 19.1 Å². The Kier molecular flexibility index (Phi) is 7.30. The normalized spacial score (nSPS) is 10.9. The van der Waals surface area contributed by atoms with E-state index in [0.29, 0.717) is 36.7 Å². The predicted molar refractivity (Wildman–Crippen MR) is 118 cm³/mol. The molecular weight excluding hydrogens is 380 g/mol. The number of hydrogen-bond acceptors (Lipinski definition) is 5. The van der Waals surface area contributed by atoms with E-state index in [4.69, 9.17) is 9.47 Å². The first kappa shape index (κ1) is 21.6. The number of carbonyl (C=O) groups is 1. The lowest BCUT2D eigenvalue weighted by molar-refractivity contribution is 0.0944. The molecule has 0 fully saturated rings. The minimum atomic E-state index is -0.148. The molecule has 0 atom stereocenters. The Morgan fingerprint density at radius 3 is 2.63 bits per heavy atom. The molecule has 3 aromatic rings. The van der Waals surface area contributed by atoms with Gasteiger partial charge in [0.15, 0.2) is 11.4 Å². The number of aromatic nitrogens is 2. The molecule has 0 saturated carbocycles. The van der Waals surface area contributed by atoms with Gasteiger partial charge in [-0.15, -0.1) is 0 Å². The number of rotatable bonds is 10. The van der Waals surface area contributed by atoms with Gasteiger partial charge < -0.3 is 19.7 Å². The van der Waals surface area contributed by atoms with Gasteiger partial charge in [-0.05, 0) is 43.2 Å². The quantitative estimate of drug-likeness (QED) is 0.520. The Morgan fingerprint density at radius 2 is 1.97 bits per heavy atom. The van der Waals surface area contributed by atoms with Crippen molar-refractivity contribution in [1.82, 2.24) is 14.7 Å². The second kappa shape index (κ2) is 10.1. The smallest absolute Gasteiger partial charge is 0.270 e. The van der Waals surface area contributed by atoms with Crippen molar-refractivity contribution >= 4 is 17.2 Å². The number of nitrogens with one attached hydrogen (secondary N) is 1. The minimum Gasteiger partial charge on any atom is -0.493 e. The van der Waals surface area contributed by atoms with Gasteiger partial charge in [0.1, 0.15) is 5.69 Å². The number of imidazole rings is 1. The molecule has 0 saturated heterocycles. The molecule has 1 amide bonds. The molecule has 0 aliphatic heterocycles. The van der Waals surface area contributed by atoms with Crippen LogP contribution in [0.5, 0.6) is 5.75 Å². The fourth-order valence-electron chi connectivity index (χ4n) is 3.35. The number of amides is 1. The fraction of sp³-hybridized carbons (Fsp3) is 0.391. The molecule has 1 aromatic carbocycles. The third kappa shape index (κ3) is 4.74. The number of nitrogens with zero attached hydrogens (tertiary/aromatic N) is 3. The maximum atomic E-state index is 13.0. The van der Waals surface area contributed by atoms with Crippen molar-refractivity contribution in [1.29, 1.82) is 0 Å². The number of anilines is 1. The van der Waals surface area contributed by atoms with Gasteiger partial charge in [0.05, 0.1) is 19.4 Å². The van der Waals surface area contributed by atoms with Crippen LogP contribution in [0.1, 0.15) is 35.6 Å². The van der Waals surface area contributed by atoms with Gasteiger partial charge in [0, 0.05) is 38.6 Å². The van der Waals surface area contributed by atoms with Crippen LogP contribution in [0.3, 0.4) is 0 Å². The summed E-state index contributed by atoms with van der Waals surface area (Å²) in [6, 6.07) is 11.9. The minimum absolute atomic E-state index is 0.148. The largest absolute Gasteiger partial charge is 0.493 e. The number of carbonyl (C=O) groups excluding carboxylic acids is 1. The monoisotopic (exact) mass is 410 g/mol. The number of hydrogen-bond donors (Lipinski definition) is 1. The Morgan fingerprint density at radius 1 is 1.20 bits per heavy atom. The highest BCUT2D eigenvalue weighted by molar-refractivity contribution is 5.95. The maximum absolute atomic E-state index is 13.0. The van der Waals surface area contributed by atoms with E-state index in [1.54, 1.807) is 11.5 Å². The molecule has 2 heterocycles. The highest BCUT2D eigenvalue weighted by Crippen LogP contribution is 2.22. The number of ether oxygens (including phenoxy) is 2. The molecule has 7 nitrogen and oxygen atoms in total. The van der Waals surface area contributed by atoms with E-state index in [0.717, 1.165) is 30.1 Å². The van der Waals surface area contributed by atoms with Gasteiger partial charge in [0.25, 0.3) is 5.91 Å². The van der Waals surface area contributed by atoms with Crippen molar-refractivity contribution in [3.8, 4) is 5.75 Å². The summed E-state index contributed by atoms with van der Waals surface area (Å²) in [6.45, 7) is 6.70. The number of pyridine rings is 1. The second-order valence-corrected chi connectivity index (χ2v) is 7.00. The number of aryl methyl sites for hydroxylation is 1. The number of methoxy groups -OCH3 is 1. The first-order chi connectivity index (χ1) is 14.6. The van der Waals surface area contributed by atoms with Crippen LogP contribution in [0.2, 0.25) is 0 Å². The summed E-state index contributed by atoms with van der Waals surface area (Å²) in [5, 5.41) is 3.02. The summed E-state index contributed by atoms with van der Waals surface area (Å²) in [7, 11) is 3.65. The lowest BCUT2D eigenvalue weighted by atomic mass is 10.2. The van der Waals surface area contributed by atoms with Crippen LogP contribution in [0.15, 0.2) is 42.6 Å². The number of benzene rings is 1. The van der Waals surface area contributed by atoms with Crippen LogP contribution < -0.4 is 15.0 Å². The zero-order valence-electron chi connectivity index (χ0n) is 18.1. The average molecular weight is 411 g/mol. The van der Waals surface area contributed by atoms with E-state index in [9.17, 15) is 4.79 Å². The summed E-state index contributed by atoms with van der Waals surface area (Å²) in [6.07, 6.45) is 2.50. The van der Waals surface area contributed by atoms with Crippen LogP contribution in [0.4, 0.5) is 5.69 Å². The standard InChI is InChI=1S/C23H30N4O3/c1-5-19-21(27-13-7-8-20(29-4)22(27)25-19)23(28)24-16-17-9-11-18(12-10-17)26(3)14-15-30-6-2/h7-13H,5-6,14-16H2,1-4H3,(H,24,28). The van der Waals surface area contributed by atoms with E-state index >= 15 is 0 Å². The molecule has 0 spiro atoms. The Bertz CT molecular complexity index is 982. The van der Waals surface area contributed by atoms with Crippen molar-refractivity contribution < 1.29 is 14.3 Å². The molecule has 1 N–H and O–H groups in total. The Balaban J connectivity index is 1.69. The summed E-state index contributed by atoms with van der Waals surface area (Å²) in [5.41, 5.74) is 4.12. The van der Waals surface area contributed by atoms with Gasteiger partial charge in [-0.2, -0.15) is 0 Å². The van der Waals surface area contributed by atoms with E-state index in [-0.39, 0.29) is 5.91 Å². The van der Waals surface area contributed by atoms with Crippen molar-refractivity contribution in [2.75, 3.05) is 38.8 Å². The van der Waals surface area contributed by atoms with Crippen molar-refractivity contribution in [2.24, 2.45) is 0 Å². The first-order valence-corrected chi connectivity index (χ1v) is 10.3. The third-order valence-electron chi connectivity index (χ3n) is 5.06. The molecule has 2 aromatic heterocycles. The van der Waals surface area contributed by atoms with E-state index < -0.39 is 0 Å². The lowest BCUT2D eigenvalue weighted by Crippen LogP contribution is -2.25. The molecule has 7 heteroatoms. The van der Waals surface area contributed by atoms with Gasteiger partial charge in [-0.3, -0.25) is 9.20 Å². The number of likely N-dealkylation sites (N-methyl/N-ethyl adjacent to an activating group) is 1. The van der Waals surface area contributed by atoms with Gasteiger partial charge in [-0.25, -0.2) is 4.98 Å². The second-order valence-electron chi connectivity index (χ2n) is 7.00. The Hall–Kier alpha value is -3.06. The maximum Gasteiger partial charge on any atom is 0.270 e. The SMILES string of the molecule is CCOCCN(C)c1ccc(CNC(=O)c2c(CC)nc3c(OC)cccn23)cc1. The number of fused-ring (bicyclic) bond motifs is 1. The molecule has 0 radical (unpaired) electrons. The van der Waals surface area contributed by atoms with Crippen LogP contribution in [-0.4, -0.2) is 49.2 Å². The first-order valence-electron chi connectivity index (χ1n) is 10.3. The highest BCUT2D eigenvalue weighted by atomic mass is 16.5. The molecule has 3 rings (SSSR count). The van der Waals surface area contributed by atoms with Crippen LogP contribution in [0.25, 0.3) is 5.65 Å². The molecule has 30 heavy (non-hydrogen) atoms. The summed E-state index contributed by atoms with van der Waals surface area (Å²) < 4.78 is 12.6. The van der Waals surface area contributed by atoms with Gasteiger partial charge in [0.2, 0.25) is 0 Å². The molecule has 0 aliphatic rings. The summed E-state index contributed by atoms with van der Waals surface area (Å²) in [4.78, 5) is 19.7. The highest BCUT2D eigenvalue weighted by Gasteiger charge is 2.19. The van der Waals surface area contributed by atoms with Crippen LogP contribution in [0, 0.1) is 0 Å². The Labute approximate surface area is 177 Å². The van der Waals surface area contributed by atoms with Gasteiger partial charge >= 0.3 is 0 Å². The topological polar surface area (TPSA) is 68.1 Å². The zero-order chi connectivity index (χ0) is 21.5. The molecular formula is C23H30N4O3. The average Bonchev–Trinajstić information content (AvgIpc) is 3.16. The fourth-order valence-corrected chi connectivity index (χ4v) is 3.35. The van der Waals surface area contributed by atoms with Crippen molar-refractivity contribution in [3.05, 3.63) is 59.5 Å².